The Labute approximate surface area is 235 Å². The molecule has 9 N–H and O–H groups in total. The van der Waals surface area contributed by atoms with E-state index in [9.17, 15) is 34.2 Å². The van der Waals surface area contributed by atoms with Crippen molar-refractivity contribution in [3.05, 3.63) is 65.9 Å². The van der Waals surface area contributed by atoms with Crippen molar-refractivity contribution in [3.63, 3.8) is 0 Å². The van der Waals surface area contributed by atoms with E-state index in [2.05, 4.69) is 26.3 Å². The van der Waals surface area contributed by atoms with Gasteiger partial charge in [-0.3, -0.25) is 24.0 Å². The number of nitrogens with one attached hydrogen (secondary N) is 5. The van der Waals surface area contributed by atoms with Crippen molar-refractivity contribution in [1.29, 1.82) is 0 Å². The van der Waals surface area contributed by atoms with Gasteiger partial charge in [0, 0.05) is 23.5 Å². The maximum atomic E-state index is 13.1. The summed E-state index contributed by atoms with van der Waals surface area (Å²) in [6.45, 7) is -0.313. The number of rotatable bonds is 14. The van der Waals surface area contributed by atoms with E-state index in [4.69, 9.17) is 5.73 Å². The van der Waals surface area contributed by atoms with Gasteiger partial charge in [-0.05, 0) is 42.7 Å². The number of H-pyrrole nitrogens is 1. The number of benzene rings is 2. The highest BCUT2D eigenvalue weighted by atomic mass is 16.3. The largest absolute Gasteiger partial charge is 0.508 e. The van der Waals surface area contributed by atoms with E-state index in [0.717, 1.165) is 22.0 Å². The fourth-order valence-electron chi connectivity index (χ4n) is 4.06. The number of carbonyl (C=O) groups is 5. The summed E-state index contributed by atoms with van der Waals surface area (Å²) in [7, 11) is 0. The summed E-state index contributed by atoms with van der Waals surface area (Å²) in [5, 5.41) is 29.3. The second-order valence-corrected chi connectivity index (χ2v) is 9.51. The lowest BCUT2D eigenvalue weighted by Gasteiger charge is -2.20. The van der Waals surface area contributed by atoms with Crippen molar-refractivity contribution in [2.75, 3.05) is 19.7 Å². The molecule has 2 aromatic carbocycles. The average Bonchev–Trinajstić information content (AvgIpc) is 3.36. The highest BCUT2D eigenvalue weighted by Gasteiger charge is 2.25. The molecule has 4 amide bonds. The lowest BCUT2D eigenvalue weighted by atomic mass is 10.0. The molecule has 41 heavy (non-hydrogen) atoms. The Morgan fingerprint density at radius 1 is 0.854 bits per heavy atom. The molecule has 0 saturated carbocycles. The number of para-hydroxylation sites is 1. The van der Waals surface area contributed by atoms with E-state index in [1.54, 1.807) is 18.3 Å². The van der Waals surface area contributed by atoms with Gasteiger partial charge in [-0.25, -0.2) is 0 Å². The summed E-state index contributed by atoms with van der Waals surface area (Å²) in [4.78, 5) is 65.0. The summed E-state index contributed by atoms with van der Waals surface area (Å²) in [6, 6.07) is 10.5. The van der Waals surface area contributed by atoms with Gasteiger partial charge in [-0.15, -0.1) is 0 Å². The maximum absolute atomic E-state index is 13.1. The third kappa shape index (κ3) is 9.15. The summed E-state index contributed by atoms with van der Waals surface area (Å²) in [5.74, 6) is -2.96. The monoisotopic (exact) mass is 566 g/mol. The van der Waals surface area contributed by atoms with E-state index >= 15 is 0 Å². The van der Waals surface area contributed by atoms with Crippen molar-refractivity contribution < 1.29 is 34.2 Å². The smallest absolute Gasteiger partial charge is 0.243 e. The van der Waals surface area contributed by atoms with Crippen LogP contribution < -0.4 is 27.0 Å². The van der Waals surface area contributed by atoms with Gasteiger partial charge < -0.3 is 42.2 Å². The lowest BCUT2D eigenvalue weighted by Crippen LogP contribution is -2.53. The Kier molecular flexibility index (Phi) is 11.0. The fourth-order valence-corrected chi connectivity index (χ4v) is 4.06. The number of nitrogens with two attached hydrogens (primary N) is 1. The molecule has 1 unspecified atom stereocenters. The summed E-state index contributed by atoms with van der Waals surface area (Å²) >= 11 is 0. The predicted octanol–water partition coefficient (Wildman–Crippen LogP) is -1.23. The normalized spacial score (nSPS) is 13.0. The second kappa shape index (κ2) is 14.6. The fraction of sp³-hybridized carbons (Fsp3) is 0.321. The van der Waals surface area contributed by atoms with Crippen LogP contribution in [-0.4, -0.2) is 82.4 Å². The van der Waals surface area contributed by atoms with Gasteiger partial charge in [0.1, 0.15) is 17.8 Å². The first kappa shape index (κ1) is 30.8. The molecule has 0 radical (unpaired) electrons. The number of aliphatic hydroxyl groups is 1. The first-order chi connectivity index (χ1) is 19.6. The third-order valence-corrected chi connectivity index (χ3v) is 6.33. The Morgan fingerprint density at radius 2 is 1.46 bits per heavy atom. The standard InChI is InChI=1S/C28H34N6O7/c1-16(36)24(15-35)34-26(39)14-32-28(41)23(11-18-12-30-22-5-3-2-4-20(18)22)33-25(38)13-31-27(40)21(29)10-17-6-8-19(37)9-7-17/h2-9,12,21,23-24,30,35,37H,10-11,13-15,29H2,1H3,(H,31,40)(H,32,41)(H,33,38)(H,34,39)/t21-,23-,24?/m0/s1. The molecule has 0 aliphatic rings. The molecule has 3 atom stereocenters. The number of phenols is 1. The van der Waals surface area contributed by atoms with Crippen LogP contribution in [0.2, 0.25) is 0 Å². The summed E-state index contributed by atoms with van der Waals surface area (Å²) in [5.41, 5.74) is 8.25. The zero-order chi connectivity index (χ0) is 29.9. The molecule has 0 aliphatic carbocycles. The molecule has 0 fully saturated rings. The Morgan fingerprint density at radius 3 is 2.10 bits per heavy atom. The number of aromatic amines is 1. The number of hydrogen-bond donors (Lipinski definition) is 8. The third-order valence-electron chi connectivity index (χ3n) is 6.33. The molecular weight excluding hydrogens is 532 g/mol. The van der Waals surface area contributed by atoms with Crippen LogP contribution in [0.1, 0.15) is 18.1 Å². The molecule has 0 spiro atoms. The van der Waals surface area contributed by atoms with Gasteiger partial charge in [0.25, 0.3) is 0 Å². The highest BCUT2D eigenvalue weighted by Crippen LogP contribution is 2.19. The summed E-state index contributed by atoms with van der Waals surface area (Å²) < 4.78 is 0. The molecule has 218 valence electrons. The average molecular weight is 567 g/mol. The molecule has 0 aliphatic heterocycles. The van der Waals surface area contributed by atoms with E-state index < -0.39 is 67.2 Å². The second-order valence-electron chi connectivity index (χ2n) is 9.51. The van der Waals surface area contributed by atoms with Crippen LogP contribution in [-0.2, 0) is 36.8 Å². The quantitative estimate of drug-likeness (QED) is 0.118. The molecular formula is C28H34N6O7. The van der Waals surface area contributed by atoms with Crippen molar-refractivity contribution in [3.8, 4) is 5.75 Å². The van der Waals surface area contributed by atoms with Crippen molar-refractivity contribution >= 4 is 40.3 Å². The Balaban J connectivity index is 1.62. The Bertz CT molecular complexity index is 1390. The van der Waals surface area contributed by atoms with E-state index in [1.807, 2.05) is 24.3 Å². The van der Waals surface area contributed by atoms with Crippen LogP contribution >= 0.6 is 0 Å². The minimum atomic E-state index is -1.11. The van der Waals surface area contributed by atoms with Crippen LogP contribution in [0, 0.1) is 0 Å². The molecule has 0 saturated heterocycles. The number of aromatic hydroxyl groups is 1. The number of Topliss-reactive ketones (excluding diaryl/α,β-unsaturated/α-hetero) is 1. The zero-order valence-electron chi connectivity index (χ0n) is 22.5. The van der Waals surface area contributed by atoms with Crippen molar-refractivity contribution in [2.24, 2.45) is 5.73 Å². The van der Waals surface area contributed by atoms with Gasteiger partial charge in [0.05, 0.1) is 25.7 Å². The van der Waals surface area contributed by atoms with Crippen molar-refractivity contribution in [2.45, 2.75) is 37.9 Å². The topological polar surface area (TPSA) is 216 Å². The Hall–Kier alpha value is -4.75. The molecule has 0 bridgehead atoms. The molecule has 3 rings (SSSR count). The first-order valence-electron chi connectivity index (χ1n) is 12.9. The zero-order valence-corrected chi connectivity index (χ0v) is 22.5. The summed E-state index contributed by atoms with van der Waals surface area (Å²) in [6.07, 6.45) is 1.97. The van der Waals surface area contributed by atoms with E-state index in [-0.39, 0.29) is 18.6 Å². The molecule has 13 heteroatoms. The molecule has 1 aromatic heterocycles. The SMILES string of the molecule is CC(=O)C(CO)NC(=O)CNC(=O)[C@H](Cc1c[nH]c2ccccc12)NC(=O)CNC(=O)[C@@H](N)Cc1ccc(O)cc1. The minimum absolute atomic E-state index is 0.0736. The number of carbonyl (C=O) groups excluding carboxylic acids is 5. The van der Waals surface area contributed by atoms with Gasteiger partial charge in [-0.2, -0.15) is 0 Å². The number of amides is 4. The molecule has 1 heterocycles. The van der Waals surface area contributed by atoms with Crippen LogP contribution in [0.5, 0.6) is 5.75 Å². The number of phenolic OH excluding ortho intramolecular Hbond substituents is 1. The number of aliphatic hydroxyl groups excluding tert-OH is 1. The minimum Gasteiger partial charge on any atom is -0.508 e. The van der Waals surface area contributed by atoms with Crippen LogP contribution in [0.15, 0.2) is 54.7 Å². The molecule has 13 nitrogen and oxygen atoms in total. The first-order valence-corrected chi connectivity index (χ1v) is 12.9. The van der Waals surface area contributed by atoms with Crippen molar-refractivity contribution in [1.82, 2.24) is 26.3 Å². The van der Waals surface area contributed by atoms with Crippen LogP contribution in [0.3, 0.4) is 0 Å². The highest BCUT2D eigenvalue weighted by molar-refractivity contribution is 5.94. The van der Waals surface area contributed by atoms with Gasteiger partial charge in [-0.1, -0.05) is 30.3 Å². The number of fused-ring (bicyclic) bond motifs is 1. The van der Waals surface area contributed by atoms with E-state index in [0.29, 0.717) is 0 Å². The van der Waals surface area contributed by atoms with Gasteiger partial charge in [0.2, 0.25) is 23.6 Å². The lowest BCUT2D eigenvalue weighted by molar-refractivity contribution is -0.131. The predicted molar refractivity (Wildman–Crippen MR) is 149 cm³/mol. The number of ketones is 1. The van der Waals surface area contributed by atoms with Crippen LogP contribution in [0.4, 0.5) is 0 Å². The van der Waals surface area contributed by atoms with E-state index in [1.165, 1.54) is 19.1 Å². The van der Waals surface area contributed by atoms with Crippen LogP contribution in [0.25, 0.3) is 10.9 Å². The number of aromatic nitrogens is 1. The maximum Gasteiger partial charge on any atom is 0.243 e. The number of hydrogen-bond acceptors (Lipinski definition) is 8. The van der Waals surface area contributed by atoms with Gasteiger partial charge >= 0.3 is 0 Å². The van der Waals surface area contributed by atoms with Gasteiger partial charge in [0.15, 0.2) is 5.78 Å². The molecule has 3 aromatic rings.